The Morgan fingerprint density at radius 2 is 2.19 bits per heavy atom. The molecule has 0 spiro atoms. The smallest absolute Gasteiger partial charge is 0.349 e. The Kier molecular flexibility index (Phi) is 6.78. The van der Waals surface area contributed by atoms with Crippen LogP contribution in [-0.4, -0.2) is 47.4 Å². The summed E-state index contributed by atoms with van der Waals surface area (Å²) in [5.41, 5.74) is 0. The summed E-state index contributed by atoms with van der Waals surface area (Å²) in [6.45, 7) is 4.65. The van der Waals surface area contributed by atoms with Crippen LogP contribution in [0.15, 0.2) is 23.6 Å². The van der Waals surface area contributed by atoms with Crippen LogP contribution in [0, 0.1) is 5.92 Å². The molecule has 26 heavy (non-hydrogen) atoms. The van der Waals surface area contributed by atoms with E-state index in [1.54, 1.807) is 6.07 Å². The Labute approximate surface area is 163 Å². The third kappa shape index (κ3) is 4.69. The summed E-state index contributed by atoms with van der Waals surface area (Å²) >= 11 is 7.20. The molecule has 0 N–H and O–H groups in total. The fraction of sp³-hybridized carbons (Fsp3) is 0.611. The number of hydrogen-bond acceptors (Lipinski definition) is 7. The molecule has 0 aliphatic carbocycles. The fourth-order valence-corrected chi connectivity index (χ4v) is 4.26. The lowest BCUT2D eigenvalue weighted by molar-refractivity contribution is -0.160. The van der Waals surface area contributed by atoms with Crippen molar-refractivity contribution in [3.63, 3.8) is 0 Å². The molecule has 1 atom stereocenters. The number of carbonyl (C=O) groups excluding carboxylic acids is 1. The zero-order chi connectivity index (χ0) is 18.4. The number of piperidine rings is 1. The van der Waals surface area contributed by atoms with Gasteiger partial charge in [-0.25, -0.2) is 4.79 Å². The van der Waals surface area contributed by atoms with E-state index in [9.17, 15) is 4.79 Å². The highest BCUT2D eigenvalue weighted by Crippen LogP contribution is 2.39. The molecule has 0 amide bonds. The summed E-state index contributed by atoms with van der Waals surface area (Å²) in [6.07, 6.45) is 5.64. The highest BCUT2D eigenvalue weighted by Gasteiger charge is 2.43. The average Bonchev–Trinajstić information content (AvgIpc) is 3.13. The van der Waals surface area contributed by atoms with Gasteiger partial charge < -0.3 is 14.4 Å². The van der Waals surface area contributed by atoms with Gasteiger partial charge in [-0.1, -0.05) is 29.4 Å². The van der Waals surface area contributed by atoms with E-state index in [1.807, 2.05) is 24.5 Å². The second kappa shape index (κ2) is 9.06. The van der Waals surface area contributed by atoms with E-state index < -0.39 is 4.93 Å². The van der Waals surface area contributed by atoms with Crippen molar-refractivity contribution < 1.29 is 14.3 Å². The van der Waals surface area contributed by atoms with Gasteiger partial charge >= 0.3 is 5.97 Å². The van der Waals surface area contributed by atoms with Crippen molar-refractivity contribution >= 4 is 35.1 Å². The standard InChI is InChI=1S/C18H24ClN3O3S/c1-2-24-17(23)18(9-3-13-26-18)25-12-8-14-6-10-22(11-7-14)16-5-4-15(19)20-21-16/h3-5,13-14H,2,6-12H2,1H3. The molecular formula is C18H24ClN3O3S. The van der Waals surface area contributed by atoms with Crippen LogP contribution < -0.4 is 4.90 Å². The van der Waals surface area contributed by atoms with Crippen LogP contribution in [0.1, 0.15) is 32.6 Å². The van der Waals surface area contributed by atoms with Gasteiger partial charge in [-0.3, -0.25) is 0 Å². The number of carbonyl (C=O) groups is 1. The Balaban J connectivity index is 1.43. The summed E-state index contributed by atoms with van der Waals surface area (Å²) < 4.78 is 11.2. The number of hydrogen-bond donors (Lipinski definition) is 0. The van der Waals surface area contributed by atoms with Gasteiger partial charge in [0.05, 0.1) is 6.61 Å². The second-order valence-corrected chi connectivity index (χ2v) is 8.00. The second-order valence-electron chi connectivity index (χ2n) is 6.45. The summed E-state index contributed by atoms with van der Waals surface area (Å²) in [5, 5.41) is 10.4. The highest BCUT2D eigenvalue weighted by molar-refractivity contribution is 8.04. The quantitative estimate of drug-likeness (QED) is 0.650. The van der Waals surface area contributed by atoms with Gasteiger partial charge in [0.2, 0.25) is 4.93 Å². The van der Waals surface area contributed by atoms with Crippen LogP contribution in [0.25, 0.3) is 0 Å². The number of rotatable bonds is 7. The van der Waals surface area contributed by atoms with Crippen LogP contribution in [0.2, 0.25) is 5.15 Å². The molecule has 1 aromatic heterocycles. The average molecular weight is 398 g/mol. The molecule has 2 aliphatic heterocycles. The topological polar surface area (TPSA) is 64.6 Å². The van der Waals surface area contributed by atoms with E-state index in [4.69, 9.17) is 21.1 Å². The SMILES string of the molecule is CCOC(=O)C1(OCCC2CCN(c3ccc(Cl)nn3)CC2)CC=CS1. The minimum atomic E-state index is -0.879. The molecule has 8 heteroatoms. The molecule has 3 rings (SSSR count). The first-order valence-corrected chi connectivity index (χ1v) is 10.3. The van der Waals surface area contributed by atoms with Crippen molar-refractivity contribution in [1.82, 2.24) is 10.2 Å². The zero-order valence-corrected chi connectivity index (χ0v) is 16.5. The van der Waals surface area contributed by atoms with Crippen LogP contribution in [0.5, 0.6) is 0 Å². The number of thioether (sulfide) groups is 1. The minimum Gasteiger partial charge on any atom is -0.463 e. The summed E-state index contributed by atoms with van der Waals surface area (Å²) in [7, 11) is 0. The molecule has 1 fully saturated rings. The van der Waals surface area contributed by atoms with E-state index in [2.05, 4.69) is 15.1 Å². The molecular weight excluding hydrogens is 374 g/mol. The first-order chi connectivity index (χ1) is 12.6. The van der Waals surface area contributed by atoms with Gasteiger partial charge in [0.15, 0.2) is 11.0 Å². The fourth-order valence-electron chi connectivity index (χ4n) is 3.25. The van der Waals surface area contributed by atoms with E-state index in [1.165, 1.54) is 11.8 Å². The molecule has 0 radical (unpaired) electrons. The van der Waals surface area contributed by atoms with Crippen LogP contribution in [0.4, 0.5) is 5.82 Å². The lowest BCUT2D eigenvalue weighted by atomic mass is 9.94. The number of ether oxygens (including phenoxy) is 2. The lowest BCUT2D eigenvalue weighted by Crippen LogP contribution is -2.39. The van der Waals surface area contributed by atoms with Gasteiger partial charge in [-0.15, -0.1) is 10.2 Å². The molecule has 0 saturated carbocycles. The van der Waals surface area contributed by atoms with Crippen LogP contribution in [-0.2, 0) is 14.3 Å². The Morgan fingerprint density at radius 3 is 2.81 bits per heavy atom. The van der Waals surface area contributed by atoms with Gasteiger partial charge in [-0.2, -0.15) is 0 Å². The Hall–Kier alpha value is -1.31. The predicted molar refractivity (Wildman–Crippen MR) is 103 cm³/mol. The van der Waals surface area contributed by atoms with Crippen molar-refractivity contribution in [2.75, 3.05) is 31.2 Å². The van der Waals surface area contributed by atoms with Crippen molar-refractivity contribution in [3.8, 4) is 0 Å². The molecule has 0 bridgehead atoms. The van der Waals surface area contributed by atoms with E-state index in [-0.39, 0.29) is 5.97 Å². The highest BCUT2D eigenvalue weighted by atomic mass is 35.5. The van der Waals surface area contributed by atoms with Crippen molar-refractivity contribution in [2.45, 2.75) is 37.5 Å². The first kappa shape index (κ1) is 19.5. The van der Waals surface area contributed by atoms with E-state index in [0.29, 0.717) is 30.7 Å². The van der Waals surface area contributed by atoms with Gasteiger partial charge in [0.25, 0.3) is 0 Å². The summed E-state index contributed by atoms with van der Waals surface area (Å²) in [6, 6.07) is 3.68. The number of anilines is 1. The largest absolute Gasteiger partial charge is 0.463 e. The number of nitrogens with zero attached hydrogens (tertiary/aromatic N) is 3. The maximum atomic E-state index is 12.2. The molecule has 1 aromatic rings. The maximum Gasteiger partial charge on any atom is 0.349 e. The molecule has 0 aromatic carbocycles. The minimum absolute atomic E-state index is 0.272. The number of aromatic nitrogens is 2. The maximum absolute atomic E-state index is 12.2. The Morgan fingerprint density at radius 1 is 1.38 bits per heavy atom. The zero-order valence-electron chi connectivity index (χ0n) is 14.9. The monoisotopic (exact) mass is 397 g/mol. The summed E-state index contributed by atoms with van der Waals surface area (Å²) in [5.74, 6) is 1.19. The van der Waals surface area contributed by atoms with Crippen molar-refractivity contribution in [3.05, 3.63) is 28.8 Å². The molecule has 3 heterocycles. The predicted octanol–water partition coefficient (Wildman–Crippen LogP) is 3.66. The van der Waals surface area contributed by atoms with Crippen LogP contribution in [0.3, 0.4) is 0 Å². The van der Waals surface area contributed by atoms with Crippen molar-refractivity contribution in [2.24, 2.45) is 5.92 Å². The molecule has 6 nitrogen and oxygen atoms in total. The third-order valence-electron chi connectivity index (χ3n) is 4.75. The van der Waals surface area contributed by atoms with Crippen LogP contribution >= 0.6 is 23.4 Å². The molecule has 1 saturated heterocycles. The van der Waals surface area contributed by atoms with Gasteiger partial charge in [0, 0.05) is 26.1 Å². The van der Waals surface area contributed by atoms with Gasteiger partial charge in [-0.05, 0) is 49.6 Å². The number of esters is 1. The lowest BCUT2D eigenvalue weighted by Gasteiger charge is -2.33. The van der Waals surface area contributed by atoms with E-state index in [0.717, 1.165) is 38.2 Å². The first-order valence-electron chi connectivity index (χ1n) is 9.01. The molecule has 1 unspecified atom stereocenters. The van der Waals surface area contributed by atoms with Gasteiger partial charge in [0.1, 0.15) is 0 Å². The van der Waals surface area contributed by atoms with E-state index >= 15 is 0 Å². The Bertz CT molecular complexity index is 625. The van der Waals surface area contributed by atoms with Crippen molar-refractivity contribution in [1.29, 1.82) is 0 Å². The summed E-state index contributed by atoms with van der Waals surface area (Å²) in [4.78, 5) is 13.6. The third-order valence-corrected chi connectivity index (χ3v) is 6.11. The molecule has 142 valence electrons. The molecule has 2 aliphatic rings. The normalized spacial score (nSPS) is 23.4. The number of halogens is 1.